The smallest absolute Gasteiger partial charge is 0.280 e. The summed E-state index contributed by atoms with van der Waals surface area (Å²) >= 11 is 4.60. The van der Waals surface area contributed by atoms with Crippen molar-refractivity contribution in [2.75, 3.05) is 19.6 Å². The number of nitrogens with one attached hydrogen (secondary N) is 1. The molecule has 1 aromatic rings. The highest BCUT2D eigenvalue weighted by molar-refractivity contribution is 9.10. The highest BCUT2D eigenvalue weighted by atomic mass is 79.9. The van der Waals surface area contributed by atoms with E-state index < -0.39 is 0 Å². The fourth-order valence-electron chi connectivity index (χ4n) is 2.51. The molecular formula is C14H22BrN3O2S. The molecule has 0 saturated carbocycles. The quantitative estimate of drug-likeness (QED) is 0.878. The van der Waals surface area contributed by atoms with E-state index in [0.717, 1.165) is 13.1 Å². The fourth-order valence-corrected chi connectivity index (χ4v) is 3.68. The number of aromatic nitrogens is 1. The highest BCUT2D eigenvalue weighted by Gasteiger charge is 2.33. The average molecular weight is 376 g/mol. The van der Waals surface area contributed by atoms with Crippen molar-refractivity contribution in [3.05, 3.63) is 15.0 Å². The van der Waals surface area contributed by atoms with Crippen LogP contribution in [0.1, 0.15) is 37.5 Å². The number of hydrogen-bond donors (Lipinski definition) is 1. The topological polar surface area (TPSA) is 54.5 Å². The number of ether oxygens (including phenoxy) is 1. The van der Waals surface area contributed by atoms with E-state index in [1.807, 2.05) is 5.38 Å². The van der Waals surface area contributed by atoms with Crippen molar-refractivity contribution in [2.45, 2.75) is 45.4 Å². The third kappa shape index (κ3) is 4.48. The molecule has 118 valence electrons. The molecule has 2 rings (SSSR count). The number of rotatable bonds is 4. The van der Waals surface area contributed by atoms with Crippen LogP contribution < -0.4 is 5.32 Å². The van der Waals surface area contributed by atoms with Gasteiger partial charge < -0.3 is 10.1 Å². The summed E-state index contributed by atoms with van der Waals surface area (Å²) in [6.45, 7) is 10.8. The van der Waals surface area contributed by atoms with Crippen LogP contribution in [0.3, 0.4) is 0 Å². The summed E-state index contributed by atoms with van der Waals surface area (Å²) in [7, 11) is 0. The lowest BCUT2D eigenvalue weighted by molar-refractivity contribution is -0.0948. The van der Waals surface area contributed by atoms with E-state index in [9.17, 15) is 4.79 Å². The first kappa shape index (κ1) is 16.9. The maximum Gasteiger partial charge on any atom is 0.280 e. The Balaban J connectivity index is 1.92. The van der Waals surface area contributed by atoms with Crippen LogP contribution in [-0.2, 0) is 4.74 Å². The van der Waals surface area contributed by atoms with Crippen LogP contribution in [0.25, 0.3) is 0 Å². The number of hydrogen-bond acceptors (Lipinski definition) is 5. The zero-order valence-electron chi connectivity index (χ0n) is 12.9. The molecule has 0 aliphatic carbocycles. The van der Waals surface area contributed by atoms with Gasteiger partial charge in [-0.2, -0.15) is 0 Å². The SMILES string of the molecule is CC1CN(C(C)(C)CNC(=O)c2nc(Br)cs2)CC(C)O1. The van der Waals surface area contributed by atoms with Crippen molar-refractivity contribution in [3.8, 4) is 0 Å². The van der Waals surface area contributed by atoms with Crippen molar-refractivity contribution in [1.29, 1.82) is 0 Å². The lowest BCUT2D eigenvalue weighted by atomic mass is 10.00. The number of nitrogens with zero attached hydrogens (tertiary/aromatic N) is 2. The van der Waals surface area contributed by atoms with Gasteiger partial charge in [-0.1, -0.05) is 0 Å². The van der Waals surface area contributed by atoms with Gasteiger partial charge in [0.15, 0.2) is 5.01 Å². The largest absolute Gasteiger partial charge is 0.373 e. The maximum absolute atomic E-state index is 12.1. The summed E-state index contributed by atoms with van der Waals surface area (Å²) in [6, 6.07) is 0. The van der Waals surface area contributed by atoms with E-state index in [4.69, 9.17) is 4.74 Å². The minimum Gasteiger partial charge on any atom is -0.373 e. The van der Waals surface area contributed by atoms with Gasteiger partial charge in [-0.25, -0.2) is 4.98 Å². The van der Waals surface area contributed by atoms with Crippen molar-refractivity contribution in [1.82, 2.24) is 15.2 Å². The summed E-state index contributed by atoms with van der Waals surface area (Å²) < 4.78 is 6.47. The van der Waals surface area contributed by atoms with Gasteiger partial charge in [0, 0.05) is 30.6 Å². The van der Waals surface area contributed by atoms with Crippen LogP contribution in [0.2, 0.25) is 0 Å². The molecule has 0 radical (unpaired) electrons. The number of thiazole rings is 1. The molecule has 5 nitrogen and oxygen atoms in total. The summed E-state index contributed by atoms with van der Waals surface area (Å²) in [6.07, 6.45) is 0.442. The molecule has 7 heteroatoms. The number of morpholine rings is 1. The molecule has 0 spiro atoms. The van der Waals surface area contributed by atoms with Crippen molar-refractivity contribution < 1.29 is 9.53 Å². The van der Waals surface area contributed by atoms with E-state index in [2.05, 4.69) is 58.8 Å². The van der Waals surface area contributed by atoms with Gasteiger partial charge in [0.2, 0.25) is 0 Å². The summed E-state index contributed by atoms with van der Waals surface area (Å²) in [5.74, 6) is -0.117. The van der Waals surface area contributed by atoms with E-state index in [1.54, 1.807) is 0 Å². The van der Waals surface area contributed by atoms with E-state index in [1.165, 1.54) is 11.3 Å². The first-order valence-corrected chi connectivity index (χ1v) is 8.75. The van der Waals surface area contributed by atoms with Crippen LogP contribution in [0, 0.1) is 0 Å². The summed E-state index contributed by atoms with van der Waals surface area (Å²) in [4.78, 5) is 18.6. The Morgan fingerprint density at radius 2 is 2.14 bits per heavy atom. The Bertz CT molecular complexity index is 496. The molecule has 0 bridgehead atoms. The Hall–Kier alpha value is -0.500. The minimum absolute atomic E-state index is 0.115. The number of carbonyl (C=O) groups excluding carboxylic acids is 1. The van der Waals surface area contributed by atoms with E-state index in [-0.39, 0.29) is 23.7 Å². The molecule has 1 aliphatic heterocycles. The Morgan fingerprint density at radius 1 is 1.52 bits per heavy atom. The van der Waals surface area contributed by atoms with Gasteiger partial charge >= 0.3 is 0 Å². The van der Waals surface area contributed by atoms with Gasteiger partial charge in [-0.3, -0.25) is 9.69 Å². The molecule has 1 fully saturated rings. The second-order valence-electron chi connectivity index (χ2n) is 6.13. The van der Waals surface area contributed by atoms with Crippen LogP contribution in [0.5, 0.6) is 0 Å². The monoisotopic (exact) mass is 375 g/mol. The van der Waals surface area contributed by atoms with Gasteiger partial charge in [-0.15, -0.1) is 11.3 Å². The predicted molar refractivity (Wildman–Crippen MR) is 87.8 cm³/mol. The molecule has 1 amide bonds. The van der Waals surface area contributed by atoms with E-state index in [0.29, 0.717) is 16.2 Å². The molecular weight excluding hydrogens is 354 g/mol. The van der Waals surface area contributed by atoms with Crippen LogP contribution in [0.15, 0.2) is 9.98 Å². The van der Waals surface area contributed by atoms with Crippen molar-refractivity contribution in [3.63, 3.8) is 0 Å². The average Bonchev–Trinajstić information content (AvgIpc) is 2.82. The van der Waals surface area contributed by atoms with Crippen molar-refractivity contribution in [2.24, 2.45) is 0 Å². The highest BCUT2D eigenvalue weighted by Crippen LogP contribution is 2.21. The standard InChI is InChI=1S/C14H22BrN3O2S/c1-9-5-18(6-10(2)20-9)14(3,4)8-16-12(19)13-17-11(15)7-21-13/h7,9-10H,5-6,8H2,1-4H3,(H,16,19). The second kappa shape index (κ2) is 6.73. The molecule has 2 heterocycles. The first-order valence-electron chi connectivity index (χ1n) is 7.07. The zero-order chi connectivity index (χ0) is 15.6. The maximum atomic E-state index is 12.1. The number of amides is 1. The van der Waals surface area contributed by atoms with E-state index >= 15 is 0 Å². The second-order valence-corrected chi connectivity index (χ2v) is 7.80. The molecule has 1 saturated heterocycles. The van der Waals surface area contributed by atoms with Crippen molar-refractivity contribution >= 4 is 33.2 Å². The molecule has 0 aromatic carbocycles. The Kier molecular flexibility index (Phi) is 5.40. The molecule has 21 heavy (non-hydrogen) atoms. The first-order chi connectivity index (χ1) is 9.78. The Morgan fingerprint density at radius 3 is 2.67 bits per heavy atom. The van der Waals surface area contributed by atoms with Gasteiger partial charge in [0.1, 0.15) is 4.60 Å². The Labute approximate surface area is 138 Å². The third-order valence-electron chi connectivity index (χ3n) is 3.63. The minimum atomic E-state index is -0.117. The molecule has 2 atom stereocenters. The van der Waals surface area contributed by atoms with Gasteiger partial charge in [0.25, 0.3) is 5.91 Å². The third-order valence-corrected chi connectivity index (χ3v) is 5.18. The lowest BCUT2D eigenvalue weighted by Gasteiger charge is -2.45. The number of carbonyl (C=O) groups is 1. The predicted octanol–water partition coefficient (Wildman–Crippen LogP) is 2.52. The molecule has 1 aliphatic rings. The number of halogens is 1. The normalized spacial score (nSPS) is 24.0. The summed E-state index contributed by atoms with van der Waals surface area (Å²) in [5.41, 5.74) is -0.115. The van der Waals surface area contributed by atoms with Crippen LogP contribution in [0.4, 0.5) is 0 Å². The molecule has 2 unspecified atom stereocenters. The van der Waals surface area contributed by atoms with Crippen LogP contribution >= 0.6 is 27.3 Å². The fraction of sp³-hybridized carbons (Fsp3) is 0.714. The van der Waals surface area contributed by atoms with Gasteiger partial charge in [-0.05, 0) is 43.6 Å². The molecule has 1 aromatic heterocycles. The van der Waals surface area contributed by atoms with Gasteiger partial charge in [0.05, 0.1) is 12.2 Å². The lowest BCUT2D eigenvalue weighted by Crippen LogP contribution is -2.58. The van der Waals surface area contributed by atoms with Crippen LogP contribution in [-0.4, -0.2) is 53.2 Å². The molecule has 1 N–H and O–H groups in total. The summed E-state index contributed by atoms with van der Waals surface area (Å²) in [5, 5.41) is 5.28. The zero-order valence-corrected chi connectivity index (χ0v) is 15.3.